The molecule has 3 N–H and O–H groups in total. The molecule has 1 rings (SSSR count). The second-order valence-corrected chi connectivity index (χ2v) is 2.56. The number of hydrogen-bond acceptors (Lipinski definition) is 3. The largest absolute Gasteiger partial charge is 0.508 e. The van der Waals surface area contributed by atoms with Gasteiger partial charge in [-0.15, -0.1) is 12.4 Å². The number of halogens is 1. The van der Waals surface area contributed by atoms with Gasteiger partial charge in [0, 0.05) is 6.04 Å². The number of phenolic OH excluding ortho intramolecular Hbond substituents is 1. The van der Waals surface area contributed by atoms with Crippen LogP contribution in [0.25, 0.3) is 0 Å². The number of aromatic hydroxyl groups is 1. The number of benzene rings is 1. The molecule has 0 aliphatic rings. The molecule has 0 spiro atoms. The highest BCUT2D eigenvalue weighted by atomic mass is 35.5. The van der Waals surface area contributed by atoms with Crippen molar-refractivity contribution < 1.29 is 5.11 Å². The Kier molecular flexibility index (Phi) is 4.90. The first kappa shape index (κ1) is 11.8. The second-order valence-electron chi connectivity index (χ2n) is 2.56. The quantitative estimate of drug-likeness (QED) is 0.761. The molecule has 1 aromatic carbocycles. The second kappa shape index (κ2) is 5.41. The van der Waals surface area contributed by atoms with Gasteiger partial charge in [0.15, 0.2) is 0 Å². The van der Waals surface area contributed by atoms with Crippen LogP contribution in [0.1, 0.15) is 18.0 Å². The summed E-state index contributed by atoms with van der Waals surface area (Å²) in [7, 11) is 0. The molecule has 0 bridgehead atoms. The van der Waals surface area contributed by atoms with Crippen molar-refractivity contribution in [3.05, 3.63) is 29.8 Å². The first-order valence-electron chi connectivity index (χ1n) is 3.65. The molecule has 13 heavy (non-hydrogen) atoms. The SMILES string of the molecule is Cl.N#CC[C@@H](N)c1ccc(O)cc1. The van der Waals surface area contributed by atoms with Gasteiger partial charge in [-0.25, -0.2) is 0 Å². The van der Waals surface area contributed by atoms with Crippen molar-refractivity contribution in [3.63, 3.8) is 0 Å². The molecule has 0 saturated heterocycles. The van der Waals surface area contributed by atoms with Crippen LogP contribution in [-0.4, -0.2) is 5.11 Å². The molecule has 0 unspecified atom stereocenters. The predicted octanol–water partition coefficient (Wildman–Crippen LogP) is 1.73. The van der Waals surface area contributed by atoms with Crippen molar-refractivity contribution in [3.8, 4) is 11.8 Å². The zero-order valence-electron chi connectivity index (χ0n) is 6.97. The lowest BCUT2D eigenvalue weighted by Crippen LogP contribution is -2.08. The molecule has 0 amide bonds. The molecular formula is C9H11ClN2O. The lowest BCUT2D eigenvalue weighted by molar-refractivity contribution is 0.475. The van der Waals surface area contributed by atoms with E-state index in [2.05, 4.69) is 0 Å². The van der Waals surface area contributed by atoms with Gasteiger partial charge < -0.3 is 10.8 Å². The Morgan fingerprint density at radius 3 is 2.38 bits per heavy atom. The van der Waals surface area contributed by atoms with Crippen LogP contribution in [0.2, 0.25) is 0 Å². The topological polar surface area (TPSA) is 70.0 Å². The predicted molar refractivity (Wildman–Crippen MR) is 52.5 cm³/mol. The Balaban J connectivity index is 0.00000144. The van der Waals surface area contributed by atoms with Gasteiger partial charge in [0.2, 0.25) is 0 Å². The summed E-state index contributed by atoms with van der Waals surface area (Å²) in [6.07, 6.45) is 0.296. The number of nitrogens with two attached hydrogens (primary N) is 1. The van der Waals surface area contributed by atoms with E-state index in [1.165, 1.54) is 0 Å². The first-order valence-corrected chi connectivity index (χ1v) is 3.65. The van der Waals surface area contributed by atoms with Crippen LogP contribution in [0.5, 0.6) is 5.75 Å². The Labute approximate surface area is 83.2 Å². The average Bonchev–Trinajstić information content (AvgIpc) is 2.06. The van der Waals surface area contributed by atoms with E-state index in [9.17, 15) is 0 Å². The standard InChI is InChI=1S/C9H10N2O.ClH/c10-6-5-9(11)7-1-3-8(12)4-2-7;/h1-4,9,12H,5,11H2;1H/t9-;/m1./s1. The van der Waals surface area contributed by atoms with Gasteiger partial charge in [0.05, 0.1) is 12.5 Å². The lowest BCUT2D eigenvalue weighted by Gasteiger charge is -2.06. The molecule has 1 atom stereocenters. The zero-order valence-corrected chi connectivity index (χ0v) is 7.79. The summed E-state index contributed by atoms with van der Waals surface area (Å²) < 4.78 is 0. The minimum atomic E-state index is -0.254. The van der Waals surface area contributed by atoms with Crippen molar-refractivity contribution >= 4 is 12.4 Å². The Morgan fingerprint density at radius 1 is 1.38 bits per heavy atom. The molecule has 0 aliphatic heterocycles. The third kappa shape index (κ3) is 3.32. The van der Waals surface area contributed by atoms with Gasteiger partial charge in [-0.2, -0.15) is 5.26 Å². The van der Waals surface area contributed by atoms with Gasteiger partial charge in [-0.05, 0) is 17.7 Å². The van der Waals surface area contributed by atoms with E-state index < -0.39 is 0 Å². The van der Waals surface area contributed by atoms with E-state index >= 15 is 0 Å². The Hall–Kier alpha value is -1.24. The zero-order chi connectivity index (χ0) is 8.97. The normalized spacial score (nSPS) is 11.1. The molecule has 0 aromatic heterocycles. The highest BCUT2D eigenvalue weighted by Gasteiger charge is 2.03. The summed E-state index contributed by atoms with van der Waals surface area (Å²) in [5.41, 5.74) is 6.52. The molecular weight excluding hydrogens is 188 g/mol. The Morgan fingerprint density at radius 2 is 1.92 bits per heavy atom. The highest BCUT2D eigenvalue weighted by molar-refractivity contribution is 5.85. The van der Waals surface area contributed by atoms with Crippen molar-refractivity contribution in [1.82, 2.24) is 0 Å². The van der Waals surface area contributed by atoms with Crippen LogP contribution in [0.3, 0.4) is 0 Å². The molecule has 4 heteroatoms. The number of nitrogens with zero attached hydrogens (tertiary/aromatic N) is 1. The third-order valence-corrected chi connectivity index (χ3v) is 1.63. The molecule has 0 heterocycles. The lowest BCUT2D eigenvalue weighted by atomic mass is 10.1. The maximum absolute atomic E-state index is 8.96. The van der Waals surface area contributed by atoms with E-state index in [1.807, 2.05) is 6.07 Å². The maximum Gasteiger partial charge on any atom is 0.115 e. The molecule has 3 nitrogen and oxygen atoms in total. The minimum absolute atomic E-state index is 0. The maximum atomic E-state index is 8.96. The van der Waals surface area contributed by atoms with Gasteiger partial charge in [0.1, 0.15) is 5.75 Å². The number of nitriles is 1. The van der Waals surface area contributed by atoms with Gasteiger partial charge in [0.25, 0.3) is 0 Å². The van der Waals surface area contributed by atoms with Crippen LogP contribution in [0.4, 0.5) is 0 Å². The van der Waals surface area contributed by atoms with Crippen LogP contribution in [-0.2, 0) is 0 Å². The summed E-state index contributed by atoms with van der Waals surface area (Å²) in [4.78, 5) is 0. The average molecular weight is 199 g/mol. The van der Waals surface area contributed by atoms with E-state index in [4.69, 9.17) is 16.1 Å². The summed E-state index contributed by atoms with van der Waals surface area (Å²) >= 11 is 0. The summed E-state index contributed by atoms with van der Waals surface area (Å²) in [6.45, 7) is 0. The number of hydrogen-bond donors (Lipinski definition) is 2. The number of phenols is 1. The summed E-state index contributed by atoms with van der Waals surface area (Å²) in [5.74, 6) is 0.211. The van der Waals surface area contributed by atoms with Crippen LogP contribution in [0.15, 0.2) is 24.3 Å². The third-order valence-electron chi connectivity index (χ3n) is 1.63. The molecule has 0 fully saturated rings. The minimum Gasteiger partial charge on any atom is -0.508 e. The smallest absolute Gasteiger partial charge is 0.115 e. The van der Waals surface area contributed by atoms with Gasteiger partial charge in [-0.1, -0.05) is 12.1 Å². The molecule has 70 valence electrons. The fraction of sp³-hybridized carbons (Fsp3) is 0.222. The molecule has 0 aliphatic carbocycles. The Bertz CT molecular complexity index is 291. The van der Waals surface area contributed by atoms with Gasteiger partial charge >= 0.3 is 0 Å². The van der Waals surface area contributed by atoms with E-state index in [-0.39, 0.29) is 24.2 Å². The van der Waals surface area contributed by atoms with Crippen LogP contribution >= 0.6 is 12.4 Å². The fourth-order valence-corrected chi connectivity index (χ4v) is 0.938. The summed E-state index contributed by atoms with van der Waals surface area (Å²) in [5, 5.41) is 17.3. The van der Waals surface area contributed by atoms with Crippen molar-refractivity contribution in [2.45, 2.75) is 12.5 Å². The first-order chi connectivity index (χ1) is 5.74. The van der Waals surface area contributed by atoms with E-state index in [0.717, 1.165) is 5.56 Å². The van der Waals surface area contributed by atoms with Crippen molar-refractivity contribution in [2.75, 3.05) is 0 Å². The molecule has 1 aromatic rings. The molecule has 0 radical (unpaired) electrons. The van der Waals surface area contributed by atoms with Crippen LogP contribution < -0.4 is 5.73 Å². The molecule has 0 saturated carbocycles. The van der Waals surface area contributed by atoms with Crippen molar-refractivity contribution in [1.29, 1.82) is 5.26 Å². The number of rotatable bonds is 2. The fourth-order valence-electron chi connectivity index (χ4n) is 0.938. The van der Waals surface area contributed by atoms with Gasteiger partial charge in [-0.3, -0.25) is 0 Å². The van der Waals surface area contributed by atoms with E-state index in [1.54, 1.807) is 24.3 Å². The van der Waals surface area contributed by atoms with E-state index in [0.29, 0.717) is 6.42 Å². The monoisotopic (exact) mass is 198 g/mol. The highest BCUT2D eigenvalue weighted by Crippen LogP contribution is 2.16. The van der Waals surface area contributed by atoms with Crippen LogP contribution in [0, 0.1) is 11.3 Å². The summed E-state index contributed by atoms with van der Waals surface area (Å²) in [6, 6.07) is 8.30. The van der Waals surface area contributed by atoms with Crippen molar-refractivity contribution in [2.24, 2.45) is 5.73 Å².